The smallest absolute Gasteiger partial charge is 0.204 e. The van der Waals surface area contributed by atoms with Crippen LogP contribution >= 0.6 is 36.4 Å². The van der Waals surface area contributed by atoms with Gasteiger partial charge in [-0.2, -0.15) is 0 Å². The Labute approximate surface area is 184 Å². The second kappa shape index (κ2) is 10.9. The summed E-state index contributed by atoms with van der Waals surface area (Å²) in [6, 6.07) is 16.3. The average molecular weight is 442 g/mol. The lowest BCUT2D eigenvalue weighted by molar-refractivity contribution is 0.222. The van der Waals surface area contributed by atoms with Gasteiger partial charge in [-0.25, -0.2) is 4.98 Å². The van der Waals surface area contributed by atoms with Crippen LogP contribution in [0.15, 0.2) is 48.5 Å². The van der Waals surface area contributed by atoms with Gasteiger partial charge in [0, 0.05) is 24.7 Å². The molecule has 0 radical (unpaired) electrons. The number of para-hydroxylation sites is 2. The van der Waals surface area contributed by atoms with Gasteiger partial charge in [-0.05, 0) is 49.7 Å². The summed E-state index contributed by atoms with van der Waals surface area (Å²) in [6.07, 6.45) is 4.01. The molecule has 1 N–H and O–H groups in total. The van der Waals surface area contributed by atoms with E-state index in [9.17, 15) is 0 Å². The first-order valence-electron chi connectivity index (χ1n) is 9.46. The van der Waals surface area contributed by atoms with Crippen LogP contribution in [0.1, 0.15) is 24.8 Å². The Balaban J connectivity index is 0.00000140. The highest BCUT2D eigenvalue weighted by atomic mass is 35.5. The zero-order chi connectivity index (χ0) is 17.8. The number of rotatable bonds is 6. The zero-order valence-corrected chi connectivity index (χ0v) is 18.2. The first-order valence-corrected chi connectivity index (χ1v) is 9.84. The second-order valence-electron chi connectivity index (χ2n) is 6.92. The number of nitrogens with zero attached hydrogens (tertiary/aromatic N) is 3. The largest absolute Gasteiger partial charge is 0.351 e. The molecule has 0 unspecified atom stereocenters. The quantitative estimate of drug-likeness (QED) is 0.538. The van der Waals surface area contributed by atoms with Crippen molar-refractivity contribution in [1.29, 1.82) is 0 Å². The number of hydrogen-bond donors (Lipinski definition) is 1. The highest BCUT2D eigenvalue weighted by molar-refractivity contribution is 6.31. The highest BCUT2D eigenvalue weighted by Gasteiger charge is 2.14. The fourth-order valence-electron chi connectivity index (χ4n) is 3.68. The molecule has 0 atom stereocenters. The number of imidazole rings is 1. The third-order valence-corrected chi connectivity index (χ3v) is 5.51. The first-order chi connectivity index (χ1) is 12.8. The van der Waals surface area contributed by atoms with Gasteiger partial charge in [0.1, 0.15) is 0 Å². The lowest BCUT2D eigenvalue weighted by Crippen LogP contribution is -2.32. The van der Waals surface area contributed by atoms with Crippen LogP contribution in [-0.2, 0) is 13.1 Å². The fraction of sp³-hybridized carbons (Fsp3) is 0.381. The van der Waals surface area contributed by atoms with Gasteiger partial charge in [-0.1, -0.05) is 48.4 Å². The molecule has 4 nitrogen and oxygen atoms in total. The zero-order valence-electron chi connectivity index (χ0n) is 15.8. The molecule has 0 amide bonds. The van der Waals surface area contributed by atoms with E-state index in [1.54, 1.807) is 0 Å². The number of halogens is 3. The van der Waals surface area contributed by atoms with E-state index in [-0.39, 0.29) is 24.8 Å². The van der Waals surface area contributed by atoms with Crippen LogP contribution in [-0.4, -0.2) is 34.1 Å². The van der Waals surface area contributed by atoms with E-state index in [4.69, 9.17) is 16.6 Å². The number of fused-ring (bicyclic) bond motifs is 1. The fourth-order valence-corrected chi connectivity index (χ4v) is 3.88. The number of aromatic nitrogens is 2. The predicted molar refractivity (Wildman–Crippen MR) is 123 cm³/mol. The van der Waals surface area contributed by atoms with Crippen LogP contribution in [0.5, 0.6) is 0 Å². The van der Waals surface area contributed by atoms with E-state index in [0.29, 0.717) is 6.54 Å². The summed E-state index contributed by atoms with van der Waals surface area (Å²) in [6.45, 7) is 5.13. The molecule has 1 aliphatic rings. The average Bonchev–Trinajstić information content (AvgIpc) is 3.04. The summed E-state index contributed by atoms with van der Waals surface area (Å²) in [5.74, 6) is 0.920. The lowest BCUT2D eigenvalue weighted by Gasteiger charge is -2.26. The van der Waals surface area contributed by atoms with Crippen molar-refractivity contribution in [2.45, 2.75) is 32.4 Å². The van der Waals surface area contributed by atoms with E-state index in [2.05, 4.69) is 39.0 Å². The minimum Gasteiger partial charge on any atom is -0.351 e. The van der Waals surface area contributed by atoms with E-state index in [0.717, 1.165) is 35.1 Å². The van der Waals surface area contributed by atoms with Gasteiger partial charge in [0.15, 0.2) is 0 Å². The summed E-state index contributed by atoms with van der Waals surface area (Å²) in [4.78, 5) is 7.38. The summed E-state index contributed by atoms with van der Waals surface area (Å²) in [5.41, 5.74) is 3.31. The van der Waals surface area contributed by atoms with Gasteiger partial charge >= 0.3 is 0 Å². The Bertz CT molecular complexity index is 875. The van der Waals surface area contributed by atoms with Crippen molar-refractivity contribution in [2.75, 3.05) is 25.0 Å². The van der Waals surface area contributed by atoms with Crippen LogP contribution in [0.4, 0.5) is 5.95 Å². The number of piperidine rings is 1. The Hall–Kier alpha value is -1.46. The SMILES string of the molecule is Cl.Cl.Clc1ccccc1CNc1nc2ccccc2n1CCN1CCCCC1. The summed E-state index contributed by atoms with van der Waals surface area (Å²) < 4.78 is 2.31. The lowest BCUT2D eigenvalue weighted by atomic mass is 10.1. The number of benzene rings is 2. The molecule has 1 aromatic heterocycles. The van der Waals surface area contributed by atoms with Crippen LogP contribution in [0.25, 0.3) is 11.0 Å². The normalized spacial score (nSPS) is 14.3. The van der Waals surface area contributed by atoms with Crippen LogP contribution in [0.3, 0.4) is 0 Å². The Morgan fingerprint density at radius 3 is 2.39 bits per heavy atom. The third kappa shape index (κ3) is 5.32. The summed E-state index contributed by atoms with van der Waals surface area (Å²) in [5, 5.41) is 4.28. The number of anilines is 1. The molecule has 7 heteroatoms. The second-order valence-corrected chi connectivity index (χ2v) is 7.33. The molecule has 1 saturated heterocycles. The van der Waals surface area contributed by atoms with E-state index in [1.165, 1.54) is 37.9 Å². The van der Waals surface area contributed by atoms with Crippen molar-refractivity contribution in [3.63, 3.8) is 0 Å². The van der Waals surface area contributed by atoms with Crippen LogP contribution < -0.4 is 5.32 Å². The minimum atomic E-state index is 0. The number of likely N-dealkylation sites (tertiary alicyclic amines) is 1. The van der Waals surface area contributed by atoms with Crippen LogP contribution in [0.2, 0.25) is 5.02 Å². The molecule has 2 heterocycles. The molecule has 2 aromatic carbocycles. The minimum absolute atomic E-state index is 0. The Morgan fingerprint density at radius 1 is 0.893 bits per heavy atom. The molecule has 28 heavy (non-hydrogen) atoms. The predicted octanol–water partition coefficient (Wildman–Crippen LogP) is 5.63. The molecule has 1 fully saturated rings. The van der Waals surface area contributed by atoms with Crippen molar-refractivity contribution < 1.29 is 0 Å². The van der Waals surface area contributed by atoms with Gasteiger partial charge in [0.05, 0.1) is 11.0 Å². The van der Waals surface area contributed by atoms with E-state index >= 15 is 0 Å². The molecule has 4 rings (SSSR count). The maximum atomic E-state index is 6.30. The molecule has 0 aliphatic carbocycles. The van der Waals surface area contributed by atoms with E-state index < -0.39 is 0 Å². The molecule has 0 bridgehead atoms. The molecule has 152 valence electrons. The number of nitrogens with one attached hydrogen (secondary N) is 1. The monoisotopic (exact) mass is 440 g/mol. The van der Waals surface area contributed by atoms with Gasteiger partial charge in [0.2, 0.25) is 5.95 Å². The molecular formula is C21H27Cl3N4. The van der Waals surface area contributed by atoms with Crippen molar-refractivity contribution in [3.05, 3.63) is 59.1 Å². The van der Waals surface area contributed by atoms with Gasteiger partial charge in [-0.15, -0.1) is 24.8 Å². The topological polar surface area (TPSA) is 33.1 Å². The molecule has 0 spiro atoms. The summed E-state index contributed by atoms with van der Waals surface area (Å²) >= 11 is 6.30. The van der Waals surface area contributed by atoms with Crippen molar-refractivity contribution in [3.8, 4) is 0 Å². The van der Waals surface area contributed by atoms with Crippen molar-refractivity contribution >= 4 is 53.4 Å². The van der Waals surface area contributed by atoms with Crippen LogP contribution in [0, 0.1) is 0 Å². The van der Waals surface area contributed by atoms with Crippen molar-refractivity contribution in [2.24, 2.45) is 0 Å². The summed E-state index contributed by atoms with van der Waals surface area (Å²) in [7, 11) is 0. The maximum Gasteiger partial charge on any atom is 0.204 e. The van der Waals surface area contributed by atoms with Crippen molar-refractivity contribution in [1.82, 2.24) is 14.5 Å². The maximum absolute atomic E-state index is 6.30. The third-order valence-electron chi connectivity index (χ3n) is 5.14. The standard InChI is InChI=1S/C21H25ClN4.2ClH/c22-18-9-3-2-8-17(18)16-23-21-24-19-10-4-5-11-20(19)26(21)15-14-25-12-6-1-7-13-25;;/h2-5,8-11H,1,6-7,12-16H2,(H,23,24);2*1H. The molecule has 3 aromatic rings. The van der Waals surface area contributed by atoms with E-state index in [1.807, 2.05) is 24.3 Å². The van der Waals surface area contributed by atoms with Gasteiger partial charge in [0.25, 0.3) is 0 Å². The highest BCUT2D eigenvalue weighted by Crippen LogP contribution is 2.22. The molecular weight excluding hydrogens is 415 g/mol. The Kier molecular flexibility index (Phi) is 8.90. The number of hydrogen-bond acceptors (Lipinski definition) is 3. The molecule has 1 aliphatic heterocycles. The van der Waals surface area contributed by atoms with Gasteiger partial charge < -0.3 is 14.8 Å². The first kappa shape index (κ1) is 22.8. The molecule has 0 saturated carbocycles. The van der Waals surface area contributed by atoms with Gasteiger partial charge in [-0.3, -0.25) is 0 Å². The Morgan fingerprint density at radius 2 is 1.61 bits per heavy atom.